The number of fused-ring (bicyclic) bond motifs is 1. The average molecular weight is 559 g/mol. The van der Waals surface area contributed by atoms with Crippen LogP contribution < -0.4 is 5.32 Å². The smallest absolute Gasteiger partial charge is 0.307 e. The molecular formula is C28H35ClN4O4S. The quantitative estimate of drug-likeness (QED) is 0.311. The zero-order valence-corrected chi connectivity index (χ0v) is 23.8. The van der Waals surface area contributed by atoms with Crippen LogP contribution in [0.1, 0.15) is 55.5 Å². The van der Waals surface area contributed by atoms with Gasteiger partial charge >= 0.3 is 10.2 Å². The predicted octanol–water partition coefficient (Wildman–Crippen LogP) is 5.15. The molecule has 1 N–H and O–H groups in total. The van der Waals surface area contributed by atoms with Crippen molar-refractivity contribution in [1.82, 2.24) is 18.5 Å². The van der Waals surface area contributed by atoms with Crippen LogP contribution in [-0.4, -0.2) is 60.6 Å². The minimum absolute atomic E-state index is 0.0484. The Hall–Kier alpha value is -3.14. The summed E-state index contributed by atoms with van der Waals surface area (Å²) in [6.07, 6.45) is 6.49. The Morgan fingerprint density at radius 1 is 0.974 bits per heavy atom. The molecule has 0 saturated heterocycles. The van der Waals surface area contributed by atoms with Crippen molar-refractivity contribution >= 4 is 50.6 Å². The normalized spacial score (nSPS) is 12.2. The molecule has 0 saturated carbocycles. The van der Waals surface area contributed by atoms with Crippen molar-refractivity contribution in [3.63, 3.8) is 0 Å². The second-order valence-corrected chi connectivity index (χ2v) is 11.6. The van der Waals surface area contributed by atoms with Crippen molar-refractivity contribution < 1.29 is 18.0 Å². The van der Waals surface area contributed by atoms with E-state index in [1.54, 1.807) is 59.5 Å². The van der Waals surface area contributed by atoms with Crippen LogP contribution in [-0.2, 0) is 15.0 Å². The lowest BCUT2D eigenvalue weighted by molar-refractivity contribution is -0.127. The van der Waals surface area contributed by atoms with E-state index in [9.17, 15) is 18.0 Å². The van der Waals surface area contributed by atoms with E-state index < -0.39 is 16.1 Å². The van der Waals surface area contributed by atoms with Gasteiger partial charge in [-0.05, 0) is 37.1 Å². The van der Waals surface area contributed by atoms with Gasteiger partial charge in [0, 0.05) is 44.3 Å². The lowest BCUT2D eigenvalue weighted by Gasteiger charge is -2.24. The number of carbonyl (C=O) groups excluding carboxylic acids is 2. The number of carbonyl (C=O) groups is 2. The molecule has 0 aliphatic rings. The summed E-state index contributed by atoms with van der Waals surface area (Å²) in [6, 6.07) is 13.6. The summed E-state index contributed by atoms with van der Waals surface area (Å²) in [4.78, 5) is 28.8. The van der Waals surface area contributed by atoms with Crippen LogP contribution in [0.5, 0.6) is 0 Å². The van der Waals surface area contributed by atoms with Crippen LogP contribution in [0, 0.1) is 0 Å². The molecule has 38 heavy (non-hydrogen) atoms. The largest absolute Gasteiger partial charge is 0.337 e. The third-order valence-electron chi connectivity index (χ3n) is 6.17. The number of hydrogen-bond donors (Lipinski definition) is 1. The van der Waals surface area contributed by atoms with Gasteiger partial charge in [0.15, 0.2) is 0 Å². The van der Waals surface area contributed by atoms with Crippen molar-refractivity contribution in [1.29, 1.82) is 0 Å². The predicted molar refractivity (Wildman–Crippen MR) is 153 cm³/mol. The van der Waals surface area contributed by atoms with E-state index >= 15 is 0 Å². The van der Waals surface area contributed by atoms with Gasteiger partial charge in [-0.25, -0.2) is 3.97 Å². The average Bonchev–Trinajstić information content (AvgIpc) is 3.27. The Labute approximate surface area is 230 Å². The van der Waals surface area contributed by atoms with Gasteiger partial charge in [-0.2, -0.15) is 12.7 Å². The Kier molecular flexibility index (Phi) is 10.1. The first-order valence-corrected chi connectivity index (χ1v) is 14.5. The SMILES string of the molecule is CCCCN(CCCC)C(=O)/C(=C/c1cn(S(=O)(=O)N(C)C)c2ccccc12)NC(=O)c1ccccc1Cl. The van der Waals surface area contributed by atoms with Crippen molar-refractivity contribution in [3.05, 3.63) is 76.6 Å². The number of rotatable bonds is 12. The van der Waals surface area contributed by atoms with Crippen LogP contribution in [0.2, 0.25) is 5.02 Å². The summed E-state index contributed by atoms with van der Waals surface area (Å²) in [5.41, 5.74) is 1.23. The van der Waals surface area contributed by atoms with Gasteiger partial charge in [0.1, 0.15) is 5.70 Å². The maximum atomic E-state index is 13.8. The van der Waals surface area contributed by atoms with Crippen LogP contribution in [0.3, 0.4) is 0 Å². The minimum Gasteiger partial charge on any atom is -0.337 e. The molecule has 0 radical (unpaired) electrons. The molecule has 3 rings (SSSR count). The van der Waals surface area contributed by atoms with E-state index in [0.29, 0.717) is 29.6 Å². The highest BCUT2D eigenvalue weighted by Crippen LogP contribution is 2.26. The molecule has 2 amide bonds. The lowest BCUT2D eigenvalue weighted by atomic mass is 10.1. The van der Waals surface area contributed by atoms with Gasteiger partial charge in [-0.15, -0.1) is 0 Å². The van der Waals surface area contributed by atoms with E-state index in [-0.39, 0.29) is 22.2 Å². The molecule has 1 heterocycles. The summed E-state index contributed by atoms with van der Waals surface area (Å²) in [5, 5.41) is 3.66. The molecule has 0 aliphatic carbocycles. The molecule has 0 spiro atoms. The topological polar surface area (TPSA) is 91.7 Å². The molecule has 0 atom stereocenters. The molecule has 1 aromatic heterocycles. The van der Waals surface area contributed by atoms with Crippen molar-refractivity contribution in [2.24, 2.45) is 0 Å². The van der Waals surface area contributed by atoms with Crippen molar-refractivity contribution in [2.75, 3.05) is 27.2 Å². The first kappa shape index (κ1) is 29.4. The highest BCUT2D eigenvalue weighted by molar-refractivity contribution is 7.87. The third kappa shape index (κ3) is 6.64. The number of para-hydroxylation sites is 1. The standard InChI is InChI=1S/C28H35ClN4O4S/c1-5-7-17-32(18-8-6-2)28(35)25(30-27(34)23-14-9-11-15-24(23)29)19-21-20-33(38(36,37)31(3)4)26-16-12-10-13-22(21)26/h9-16,19-20H,5-8,17-18H2,1-4H3,(H,30,34)/b25-19-. The molecule has 0 unspecified atom stereocenters. The van der Waals surface area contributed by atoms with Crippen LogP contribution in [0.4, 0.5) is 0 Å². The number of unbranched alkanes of at least 4 members (excludes halogenated alkanes) is 2. The van der Waals surface area contributed by atoms with Gasteiger partial charge in [0.25, 0.3) is 11.8 Å². The van der Waals surface area contributed by atoms with Crippen molar-refractivity contribution in [2.45, 2.75) is 39.5 Å². The van der Waals surface area contributed by atoms with Gasteiger partial charge in [-0.1, -0.05) is 68.6 Å². The first-order valence-electron chi connectivity index (χ1n) is 12.7. The van der Waals surface area contributed by atoms with Gasteiger partial charge in [0.2, 0.25) is 0 Å². The maximum absolute atomic E-state index is 13.8. The second kappa shape index (κ2) is 13.1. The molecule has 8 nitrogen and oxygen atoms in total. The summed E-state index contributed by atoms with van der Waals surface area (Å²) >= 11 is 6.25. The molecule has 2 aromatic carbocycles. The zero-order chi connectivity index (χ0) is 27.9. The maximum Gasteiger partial charge on any atom is 0.307 e. The lowest BCUT2D eigenvalue weighted by Crippen LogP contribution is -2.39. The fourth-order valence-electron chi connectivity index (χ4n) is 3.98. The molecule has 3 aromatic rings. The minimum atomic E-state index is -3.83. The van der Waals surface area contributed by atoms with Crippen molar-refractivity contribution in [3.8, 4) is 0 Å². The molecule has 0 aliphatic heterocycles. The highest BCUT2D eigenvalue weighted by Gasteiger charge is 2.24. The van der Waals surface area contributed by atoms with E-state index in [1.807, 2.05) is 0 Å². The van der Waals surface area contributed by atoms with Crippen LogP contribution in [0.25, 0.3) is 17.0 Å². The molecule has 10 heteroatoms. The third-order valence-corrected chi connectivity index (χ3v) is 8.22. The Morgan fingerprint density at radius 3 is 2.18 bits per heavy atom. The fourth-order valence-corrected chi connectivity index (χ4v) is 5.21. The second-order valence-electron chi connectivity index (χ2n) is 9.18. The van der Waals surface area contributed by atoms with E-state index in [4.69, 9.17) is 11.6 Å². The molecule has 204 valence electrons. The fraction of sp³-hybridized carbons (Fsp3) is 0.357. The number of nitrogens with one attached hydrogen (secondary N) is 1. The van der Waals surface area contributed by atoms with E-state index in [1.165, 1.54) is 24.3 Å². The number of benzene rings is 2. The molecular weight excluding hydrogens is 524 g/mol. The number of nitrogens with zero attached hydrogens (tertiary/aromatic N) is 3. The molecule has 0 bridgehead atoms. The van der Waals surface area contributed by atoms with Gasteiger partial charge in [0.05, 0.1) is 16.1 Å². The van der Waals surface area contributed by atoms with E-state index in [0.717, 1.165) is 30.0 Å². The zero-order valence-electron chi connectivity index (χ0n) is 22.3. The number of hydrogen-bond acceptors (Lipinski definition) is 4. The monoisotopic (exact) mass is 558 g/mol. The molecule has 0 fully saturated rings. The summed E-state index contributed by atoms with van der Waals surface area (Å²) in [5.74, 6) is -0.856. The van der Waals surface area contributed by atoms with E-state index in [2.05, 4.69) is 19.2 Å². The Morgan fingerprint density at radius 2 is 1.58 bits per heavy atom. The van der Waals surface area contributed by atoms with Crippen LogP contribution in [0.15, 0.2) is 60.4 Å². The summed E-state index contributed by atoms with van der Waals surface area (Å²) in [6.45, 7) is 5.20. The number of halogens is 1. The van der Waals surface area contributed by atoms with Crippen LogP contribution >= 0.6 is 11.6 Å². The Bertz CT molecular complexity index is 1420. The summed E-state index contributed by atoms with van der Waals surface area (Å²) in [7, 11) is -0.918. The number of aromatic nitrogens is 1. The van der Waals surface area contributed by atoms with Gasteiger partial charge < -0.3 is 10.2 Å². The van der Waals surface area contributed by atoms with Gasteiger partial charge in [-0.3, -0.25) is 9.59 Å². The Balaban J connectivity index is 2.16. The highest BCUT2D eigenvalue weighted by atomic mass is 35.5. The first-order chi connectivity index (χ1) is 18.1. The number of amides is 2. The summed E-state index contributed by atoms with van der Waals surface area (Å²) < 4.78 is 28.4.